The first-order valence-corrected chi connectivity index (χ1v) is 11.4. The van der Waals surface area contributed by atoms with E-state index in [0.29, 0.717) is 29.6 Å². The summed E-state index contributed by atoms with van der Waals surface area (Å²) in [7, 11) is 1.49. The molecular formula is C20H14Br3NO4S. The molecule has 0 radical (unpaired) electrons. The SMILES string of the molecule is COc1c(Br)c(Br)cc(C(=O)Nc2csc(-c3cccc(C)c3)c2C(=O)O)c1Br. The molecule has 9 heteroatoms. The minimum Gasteiger partial charge on any atom is -0.494 e. The number of ether oxygens (including phenoxy) is 1. The van der Waals surface area contributed by atoms with Gasteiger partial charge in [-0.2, -0.15) is 0 Å². The van der Waals surface area contributed by atoms with Gasteiger partial charge in [-0.25, -0.2) is 4.79 Å². The number of benzene rings is 2. The lowest BCUT2D eigenvalue weighted by Gasteiger charge is -2.13. The molecule has 2 N–H and O–H groups in total. The second-order valence-electron chi connectivity index (χ2n) is 6.05. The van der Waals surface area contributed by atoms with Crippen molar-refractivity contribution in [2.75, 3.05) is 12.4 Å². The Morgan fingerprint density at radius 3 is 2.48 bits per heavy atom. The van der Waals surface area contributed by atoms with E-state index in [2.05, 4.69) is 53.1 Å². The number of thiophene rings is 1. The normalized spacial score (nSPS) is 10.7. The Morgan fingerprint density at radius 1 is 1.14 bits per heavy atom. The highest BCUT2D eigenvalue weighted by molar-refractivity contribution is 9.13. The molecule has 5 nitrogen and oxygen atoms in total. The molecular weight excluding hydrogens is 590 g/mol. The Labute approximate surface area is 196 Å². The van der Waals surface area contributed by atoms with Crippen molar-refractivity contribution < 1.29 is 19.4 Å². The lowest BCUT2D eigenvalue weighted by molar-refractivity contribution is 0.0699. The number of aryl methyl sites for hydroxylation is 1. The van der Waals surface area contributed by atoms with E-state index in [-0.39, 0.29) is 11.3 Å². The summed E-state index contributed by atoms with van der Waals surface area (Å²) in [4.78, 5) is 25.5. The molecule has 0 aliphatic carbocycles. The fourth-order valence-electron chi connectivity index (χ4n) is 2.78. The van der Waals surface area contributed by atoms with Crippen molar-refractivity contribution in [3.63, 3.8) is 0 Å². The molecule has 3 rings (SSSR count). The third-order valence-corrected chi connectivity index (χ3v) is 7.86. The van der Waals surface area contributed by atoms with E-state index in [1.165, 1.54) is 18.4 Å². The molecule has 1 amide bonds. The van der Waals surface area contributed by atoms with Crippen molar-refractivity contribution in [3.8, 4) is 16.2 Å². The van der Waals surface area contributed by atoms with Gasteiger partial charge in [0.05, 0.1) is 32.2 Å². The Morgan fingerprint density at radius 2 is 1.86 bits per heavy atom. The standard InChI is InChI=1S/C20H14Br3NO4S/c1-9-4-3-5-10(6-9)18-14(20(26)27)13(8-29-18)24-19(25)11-7-12(21)16(23)17(28-2)15(11)22/h3-8H,1-2H3,(H,24,25)(H,26,27). The van der Waals surface area contributed by atoms with E-state index in [1.54, 1.807) is 11.4 Å². The van der Waals surface area contributed by atoms with Crippen LogP contribution in [0.3, 0.4) is 0 Å². The fraction of sp³-hybridized carbons (Fsp3) is 0.100. The van der Waals surface area contributed by atoms with Gasteiger partial charge in [0.2, 0.25) is 0 Å². The molecule has 150 valence electrons. The summed E-state index contributed by atoms with van der Waals surface area (Å²) in [6.45, 7) is 1.94. The molecule has 2 aromatic carbocycles. The molecule has 0 spiro atoms. The Bertz CT molecular complexity index is 1130. The van der Waals surface area contributed by atoms with E-state index >= 15 is 0 Å². The van der Waals surface area contributed by atoms with Crippen LogP contribution in [0.4, 0.5) is 5.69 Å². The minimum absolute atomic E-state index is 0.0632. The highest BCUT2D eigenvalue weighted by atomic mass is 79.9. The third-order valence-electron chi connectivity index (χ3n) is 4.10. The van der Waals surface area contributed by atoms with Crippen LogP contribution >= 0.6 is 59.1 Å². The first kappa shape index (κ1) is 22.0. The van der Waals surface area contributed by atoms with Gasteiger partial charge in [0.25, 0.3) is 5.91 Å². The maximum Gasteiger partial charge on any atom is 0.339 e. The molecule has 0 atom stereocenters. The molecule has 1 aromatic heterocycles. The Kier molecular flexibility index (Phi) is 6.83. The molecule has 0 aliphatic rings. The zero-order chi connectivity index (χ0) is 21.3. The second-order valence-corrected chi connectivity index (χ2v) is 9.37. The number of nitrogens with one attached hydrogen (secondary N) is 1. The maximum absolute atomic E-state index is 12.9. The van der Waals surface area contributed by atoms with E-state index in [4.69, 9.17) is 4.74 Å². The number of anilines is 1. The van der Waals surface area contributed by atoms with Crippen LogP contribution < -0.4 is 10.1 Å². The number of aromatic carboxylic acids is 1. The summed E-state index contributed by atoms with van der Waals surface area (Å²) in [5, 5.41) is 14.1. The average Bonchev–Trinajstić information content (AvgIpc) is 3.09. The number of carboxylic acid groups (broad SMARTS) is 1. The lowest BCUT2D eigenvalue weighted by atomic mass is 10.1. The lowest BCUT2D eigenvalue weighted by Crippen LogP contribution is -2.15. The Hall–Kier alpha value is -1.68. The summed E-state index contributed by atoms with van der Waals surface area (Å²) in [6, 6.07) is 9.20. The van der Waals surface area contributed by atoms with Crippen molar-refractivity contribution >= 4 is 76.7 Å². The van der Waals surface area contributed by atoms with Crippen molar-refractivity contribution in [2.24, 2.45) is 0 Å². The van der Waals surface area contributed by atoms with Crippen molar-refractivity contribution in [2.45, 2.75) is 6.92 Å². The third kappa shape index (κ3) is 4.42. The largest absolute Gasteiger partial charge is 0.494 e. The monoisotopic (exact) mass is 601 g/mol. The molecule has 0 bridgehead atoms. The molecule has 3 aromatic rings. The van der Waals surface area contributed by atoms with E-state index in [0.717, 1.165) is 11.1 Å². The minimum atomic E-state index is -1.10. The zero-order valence-corrected chi connectivity index (χ0v) is 20.8. The van der Waals surface area contributed by atoms with Crippen LogP contribution in [0.15, 0.2) is 49.1 Å². The number of halogens is 3. The van der Waals surface area contributed by atoms with Crippen LogP contribution in [-0.4, -0.2) is 24.1 Å². The van der Waals surface area contributed by atoms with Gasteiger partial charge in [0.15, 0.2) is 0 Å². The zero-order valence-electron chi connectivity index (χ0n) is 15.2. The van der Waals surface area contributed by atoms with Gasteiger partial charge in [-0.15, -0.1) is 11.3 Å². The van der Waals surface area contributed by atoms with Gasteiger partial charge < -0.3 is 15.2 Å². The van der Waals surface area contributed by atoms with Gasteiger partial charge in [-0.05, 0) is 66.3 Å². The molecule has 0 aliphatic heterocycles. The smallest absolute Gasteiger partial charge is 0.339 e. The number of carboxylic acids is 1. The van der Waals surface area contributed by atoms with Crippen molar-refractivity contribution in [1.82, 2.24) is 0 Å². The highest BCUT2D eigenvalue weighted by Gasteiger charge is 2.24. The van der Waals surface area contributed by atoms with Gasteiger partial charge in [0.1, 0.15) is 11.3 Å². The number of rotatable bonds is 5. The predicted molar refractivity (Wildman–Crippen MR) is 125 cm³/mol. The number of amides is 1. The van der Waals surface area contributed by atoms with Crippen LogP contribution in [0, 0.1) is 6.92 Å². The number of hydrogen-bond acceptors (Lipinski definition) is 4. The molecule has 1 heterocycles. The molecule has 0 unspecified atom stereocenters. The van der Waals surface area contributed by atoms with E-state index < -0.39 is 11.9 Å². The van der Waals surface area contributed by atoms with Gasteiger partial charge in [-0.1, -0.05) is 29.8 Å². The first-order valence-electron chi connectivity index (χ1n) is 8.19. The number of methoxy groups -OCH3 is 1. The van der Waals surface area contributed by atoms with Crippen LogP contribution in [0.2, 0.25) is 0 Å². The van der Waals surface area contributed by atoms with Gasteiger partial charge in [-0.3, -0.25) is 4.79 Å². The molecule has 0 saturated carbocycles. The summed E-state index contributed by atoms with van der Waals surface area (Å²) < 4.78 is 7.08. The highest BCUT2D eigenvalue weighted by Crippen LogP contribution is 2.42. The van der Waals surface area contributed by atoms with Crippen LogP contribution in [0.5, 0.6) is 5.75 Å². The molecule has 29 heavy (non-hydrogen) atoms. The first-order chi connectivity index (χ1) is 13.7. The van der Waals surface area contributed by atoms with Crippen molar-refractivity contribution in [3.05, 3.63) is 65.8 Å². The quantitative estimate of drug-likeness (QED) is 0.309. The van der Waals surface area contributed by atoms with Crippen molar-refractivity contribution in [1.29, 1.82) is 0 Å². The Balaban J connectivity index is 2.03. The predicted octanol–water partition coefficient (Wildman–Crippen LogP) is 6.97. The van der Waals surface area contributed by atoms with Gasteiger partial charge >= 0.3 is 5.97 Å². The van der Waals surface area contributed by atoms with Crippen LogP contribution in [0.1, 0.15) is 26.3 Å². The number of carbonyl (C=O) groups is 2. The van der Waals surface area contributed by atoms with Crippen LogP contribution in [0.25, 0.3) is 10.4 Å². The number of carbonyl (C=O) groups excluding carboxylic acids is 1. The fourth-order valence-corrected chi connectivity index (χ4v) is 5.57. The number of hydrogen-bond donors (Lipinski definition) is 2. The summed E-state index contributed by atoms with van der Waals surface area (Å²) in [5.74, 6) is -1.11. The molecule has 0 fully saturated rings. The van der Waals surface area contributed by atoms with Crippen LogP contribution in [-0.2, 0) is 0 Å². The van der Waals surface area contributed by atoms with Gasteiger partial charge in [0, 0.05) is 9.85 Å². The van der Waals surface area contributed by atoms with E-state index in [1.807, 2.05) is 31.2 Å². The maximum atomic E-state index is 12.9. The molecule has 0 saturated heterocycles. The average molecular weight is 604 g/mol. The summed E-state index contributed by atoms with van der Waals surface area (Å²) >= 11 is 11.4. The van der Waals surface area contributed by atoms with E-state index in [9.17, 15) is 14.7 Å². The summed E-state index contributed by atoms with van der Waals surface area (Å²) in [6.07, 6.45) is 0. The summed E-state index contributed by atoms with van der Waals surface area (Å²) in [5.41, 5.74) is 2.43. The topological polar surface area (TPSA) is 75.6 Å². The second kappa shape index (κ2) is 8.99.